The average molecular weight is 322 g/mol. The number of nitrogens with one attached hydrogen (secondary N) is 1. The van der Waals surface area contributed by atoms with E-state index in [0.717, 1.165) is 36.2 Å². The highest BCUT2D eigenvalue weighted by atomic mass is 16.5. The van der Waals surface area contributed by atoms with E-state index in [0.29, 0.717) is 17.5 Å². The smallest absolute Gasteiger partial charge is 0.258 e. The number of hydrogen-bond acceptors (Lipinski definition) is 7. The summed E-state index contributed by atoms with van der Waals surface area (Å²) in [4.78, 5) is 4.48. The molecule has 0 atom stereocenters. The summed E-state index contributed by atoms with van der Waals surface area (Å²) in [6, 6.07) is 11.5. The Hall–Kier alpha value is -2.80. The standard InChI is InChI=1S/C17H18N6O/c1-11-6-7-14(22-21-11)19-13-5-2-4-12(10-13)15-20-16(23-24-15)17(18)8-3-9-17/h2,4-7,10H,3,8-9,18H2,1H3,(H,19,22). The molecule has 3 N–H and O–H groups in total. The quantitative estimate of drug-likeness (QED) is 0.761. The maximum atomic E-state index is 6.25. The van der Waals surface area contributed by atoms with Crippen LogP contribution in [0.2, 0.25) is 0 Å². The van der Waals surface area contributed by atoms with Crippen LogP contribution in [0, 0.1) is 6.92 Å². The molecule has 1 saturated carbocycles. The Bertz CT molecular complexity index is 854. The predicted molar refractivity (Wildman–Crippen MR) is 89.5 cm³/mol. The molecule has 2 heterocycles. The van der Waals surface area contributed by atoms with E-state index in [2.05, 4.69) is 25.7 Å². The van der Waals surface area contributed by atoms with Crippen molar-refractivity contribution < 1.29 is 4.52 Å². The van der Waals surface area contributed by atoms with Crippen molar-refractivity contribution in [1.29, 1.82) is 0 Å². The molecule has 2 aromatic heterocycles. The SMILES string of the molecule is Cc1ccc(Nc2cccc(-c3nc(C4(N)CCC4)no3)c2)nn1. The van der Waals surface area contributed by atoms with Gasteiger partial charge < -0.3 is 15.6 Å². The maximum absolute atomic E-state index is 6.25. The number of anilines is 2. The van der Waals surface area contributed by atoms with Gasteiger partial charge in [0.2, 0.25) is 0 Å². The third-order valence-electron chi connectivity index (χ3n) is 4.30. The summed E-state index contributed by atoms with van der Waals surface area (Å²) in [5, 5.41) is 15.4. The van der Waals surface area contributed by atoms with E-state index >= 15 is 0 Å². The average Bonchev–Trinajstić information content (AvgIpc) is 3.05. The van der Waals surface area contributed by atoms with Crippen LogP contribution in [-0.4, -0.2) is 20.3 Å². The Morgan fingerprint density at radius 2 is 2.04 bits per heavy atom. The Balaban J connectivity index is 1.57. The molecule has 0 bridgehead atoms. The summed E-state index contributed by atoms with van der Waals surface area (Å²) in [6.07, 6.45) is 2.91. The van der Waals surface area contributed by atoms with E-state index in [4.69, 9.17) is 10.3 Å². The van der Waals surface area contributed by atoms with Crippen molar-refractivity contribution in [1.82, 2.24) is 20.3 Å². The van der Waals surface area contributed by atoms with Crippen molar-refractivity contribution in [2.45, 2.75) is 31.7 Å². The molecule has 122 valence electrons. The molecule has 0 radical (unpaired) electrons. The lowest BCUT2D eigenvalue weighted by molar-refractivity contribution is 0.229. The highest BCUT2D eigenvalue weighted by Gasteiger charge is 2.39. The zero-order valence-corrected chi connectivity index (χ0v) is 13.4. The largest absolute Gasteiger partial charge is 0.339 e. The molecule has 0 spiro atoms. The monoisotopic (exact) mass is 322 g/mol. The van der Waals surface area contributed by atoms with E-state index in [-0.39, 0.29) is 0 Å². The highest BCUT2D eigenvalue weighted by molar-refractivity contribution is 5.65. The van der Waals surface area contributed by atoms with E-state index in [1.165, 1.54) is 0 Å². The maximum Gasteiger partial charge on any atom is 0.258 e. The summed E-state index contributed by atoms with van der Waals surface area (Å²) in [7, 11) is 0. The molecule has 1 aliphatic rings. The second kappa shape index (κ2) is 5.68. The first-order chi connectivity index (χ1) is 11.6. The molecule has 0 aliphatic heterocycles. The van der Waals surface area contributed by atoms with E-state index < -0.39 is 5.54 Å². The van der Waals surface area contributed by atoms with Crippen LogP contribution >= 0.6 is 0 Å². The fourth-order valence-corrected chi connectivity index (χ4v) is 2.67. The molecular weight excluding hydrogens is 304 g/mol. The lowest BCUT2D eigenvalue weighted by atomic mass is 9.77. The van der Waals surface area contributed by atoms with Crippen molar-refractivity contribution in [3.8, 4) is 11.5 Å². The molecule has 7 heteroatoms. The normalized spacial score (nSPS) is 15.8. The minimum Gasteiger partial charge on any atom is -0.339 e. The molecular formula is C17H18N6O. The van der Waals surface area contributed by atoms with Crippen molar-refractivity contribution in [3.63, 3.8) is 0 Å². The number of rotatable bonds is 4. The number of nitrogens with zero attached hydrogens (tertiary/aromatic N) is 4. The van der Waals surface area contributed by atoms with Crippen molar-refractivity contribution in [2.75, 3.05) is 5.32 Å². The number of nitrogens with two attached hydrogens (primary N) is 1. The third-order valence-corrected chi connectivity index (χ3v) is 4.30. The fraction of sp³-hybridized carbons (Fsp3) is 0.294. The van der Waals surface area contributed by atoms with Crippen LogP contribution in [0.4, 0.5) is 11.5 Å². The molecule has 1 fully saturated rings. The zero-order chi connectivity index (χ0) is 16.6. The van der Waals surface area contributed by atoms with Gasteiger partial charge in [0.05, 0.1) is 11.2 Å². The first-order valence-corrected chi connectivity index (χ1v) is 7.93. The molecule has 7 nitrogen and oxygen atoms in total. The molecule has 0 unspecified atom stereocenters. The van der Waals surface area contributed by atoms with Gasteiger partial charge >= 0.3 is 0 Å². The van der Waals surface area contributed by atoms with Crippen LogP contribution in [0.15, 0.2) is 40.9 Å². The van der Waals surface area contributed by atoms with Gasteiger partial charge in [0.25, 0.3) is 5.89 Å². The van der Waals surface area contributed by atoms with Gasteiger partial charge in [-0.25, -0.2) is 0 Å². The van der Waals surface area contributed by atoms with Gasteiger partial charge in [-0.05, 0) is 56.5 Å². The van der Waals surface area contributed by atoms with Crippen molar-refractivity contribution in [3.05, 3.63) is 47.9 Å². The van der Waals surface area contributed by atoms with Crippen LogP contribution < -0.4 is 11.1 Å². The number of aryl methyl sites for hydroxylation is 1. The minimum atomic E-state index is -0.422. The van der Waals surface area contributed by atoms with E-state index in [9.17, 15) is 0 Å². The number of hydrogen-bond donors (Lipinski definition) is 2. The Labute approximate surface area is 139 Å². The molecule has 4 rings (SSSR count). The second-order valence-electron chi connectivity index (χ2n) is 6.20. The van der Waals surface area contributed by atoms with Crippen molar-refractivity contribution in [2.24, 2.45) is 5.73 Å². The molecule has 1 aliphatic carbocycles. The minimum absolute atomic E-state index is 0.422. The van der Waals surface area contributed by atoms with Gasteiger partial charge in [-0.2, -0.15) is 10.1 Å². The van der Waals surface area contributed by atoms with Crippen LogP contribution in [0.5, 0.6) is 0 Å². The first-order valence-electron chi connectivity index (χ1n) is 7.93. The highest BCUT2D eigenvalue weighted by Crippen LogP contribution is 2.37. The van der Waals surface area contributed by atoms with E-state index in [1.54, 1.807) is 0 Å². The number of benzene rings is 1. The summed E-state index contributed by atoms with van der Waals surface area (Å²) in [6.45, 7) is 1.90. The summed E-state index contributed by atoms with van der Waals surface area (Å²) in [5.41, 5.74) is 8.41. The Morgan fingerprint density at radius 3 is 2.75 bits per heavy atom. The predicted octanol–water partition coefficient (Wildman–Crippen LogP) is 2.92. The fourth-order valence-electron chi connectivity index (χ4n) is 2.67. The van der Waals surface area contributed by atoms with Crippen LogP contribution in [0.25, 0.3) is 11.5 Å². The topological polar surface area (TPSA) is 103 Å². The third kappa shape index (κ3) is 2.74. The lowest BCUT2D eigenvalue weighted by Gasteiger charge is -2.34. The Kier molecular flexibility index (Phi) is 3.50. The zero-order valence-electron chi connectivity index (χ0n) is 13.4. The molecule has 24 heavy (non-hydrogen) atoms. The van der Waals surface area contributed by atoms with Gasteiger partial charge in [0, 0.05) is 11.3 Å². The lowest BCUT2D eigenvalue weighted by Crippen LogP contribution is -2.44. The van der Waals surface area contributed by atoms with Crippen LogP contribution in [-0.2, 0) is 5.54 Å². The van der Waals surface area contributed by atoms with Gasteiger partial charge in [0.15, 0.2) is 11.6 Å². The van der Waals surface area contributed by atoms with Gasteiger partial charge in [0.1, 0.15) is 0 Å². The number of aromatic nitrogens is 4. The molecule has 0 amide bonds. The van der Waals surface area contributed by atoms with Crippen LogP contribution in [0.3, 0.4) is 0 Å². The Morgan fingerprint density at radius 1 is 1.17 bits per heavy atom. The summed E-state index contributed by atoms with van der Waals surface area (Å²) < 4.78 is 5.40. The molecule has 3 aromatic rings. The first kappa shape index (κ1) is 14.8. The van der Waals surface area contributed by atoms with E-state index in [1.807, 2.05) is 43.3 Å². The van der Waals surface area contributed by atoms with Crippen LogP contribution in [0.1, 0.15) is 30.8 Å². The summed E-state index contributed by atoms with van der Waals surface area (Å²) in [5.74, 6) is 1.74. The summed E-state index contributed by atoms with van der Waals surface area (Å²) >= 11 is 0. The van der Waals surface area contributed by atoms with Gasteiger partial charge in [-0.15, -0.1) is 5.10 Å². The molecule has 0 saturated heterocycles. The van der Waals surface area contributed by atoms with Gasteiger partial charge in [-0.3, -0.25) is 0 Å². The molecule has 1 aromatic carbocycles. The second-order valence-corrected chi connectivity index (χ2v) is 6.20. The van der Waals surface area contributed by atoms with Crippen molar-refractivity contribution >= 4 is 11.5 Å². The van der Waals surface area contributed by atoms with Gasteiger partial charge in [-0.1, -0.05) is 11.2 Å².